The summed E-state index contributed by atoms with van der Waals surface area (Å²) in [6.07, 6.45) is 2.10. The second-order valence-electron chi connectivity index (χ2n) is 6.03. The molecule has 1 heterocycles. The van der Waals surface area contributed by atoms with Gasteiger partial charge in [-0.3, -0.25) is 4.79 Å². The minimum absolute atomic E-state index is 0.0112. The van der Waals surface area contributed by atoms with Crippen molar-refractivity contribution in [2.45, 2.75) is 45.7 Å². The number of benzene rings is 1. The average Bonchev–Trinajstić information content (AvgIpc) is 2.43. The van der Waals surface area contributed by atoms with Crippen LogP contribution in [0.15, 0.2) is 12.1 Å². The van der Waals surface area contributed by atoms with Crippen LogP contribution in [0, 0.1) is 6.92 Å². The van der Waals surface area contributed by atoms with Gasteiger partial charge in [0.1, 0.15) is 5.75 Å². The highest BCUT2D eigenvalue weighted by molar-refractivity contribution is 5.97. The number of nitrogen functional groups attached to an aromatic ring is 1. The third kappa shape index (κ3) is 3.29. The minimum atomic E-state index is -0.0112. The molecule has 4 N–H and O–H groups in total. The fourth-order valence-electron chi connectivity index (χ4n) is 2.97. The number of hydrogen-bond donors (Lipinski definition) is 3. The van der Waals surface area contributed by atoms with E-state index in [2.05, 4.69) is 5.32 Å². The lowest BCUT2D eigenvalue weighted by molar-refractivity contribution is 0.0573. The van der Waals surface area contributed by atoms with E-state index < -0.39 is 0 Å². The van der Waals surface area contributed by atoms with E-state index in [0.717, 1.165) is 31.5 Å². The topological polar surface area (TPSA) is 78.6 Å². The van der Waals surface area contributed by atoms with Gasteiger partial charge < -0.3 is 21.1 Å². The van der Waals surface area contributed by atoms with Gasteiger partial charge in [0, 0.05) is 24.2 Å². The molecular weight excluding hydrogens is 266 g/mol. The number of hydrogen-bond acceptors (Lipinski definition) is 4. The predicted octanol–water partition coefficient (Wildman–Crippen LogP) is 1.89. The maximum Gasteiger partial charge on any atom is 0.254 e. The van der Waals surface area contributed by atoms with Crippen molar-refractivity contribution < 1.29 is 9.90 Å². The molecule has 0 unspecified atom stereocenters. The molecule has 1 aromatic rings. The highest BCUT2D eigenvalue weighted by atomic mass is 16.3. The maximum atomic E-state index is 12.9. The molecule has 1 aliphatic heterocycles. The zero-order valence-electron chi connectivity index (χ0n) is 13.0. The Balaban J connectivity index is 2.32. The fourth-order valence-corrected chi connectivity index (χ4v) is 2.97. The molecule has 1 aromatic carbocycles. The molecule has 0 radical (unpaired) electrons. The molecule has 0 spiro atoms. The summed E-state index contributed by atoms with van der Waals surface area (Å²) in [6.45, 7) is 7.74. The first-order valence-electron chi connectivity index (χ1n) is 7.54. The summed E-state index contributed by atoms with van der Waals surface area (Å²) in [7, 11) is 0. The number of aryl methyl sites for hydroxylation is 1. The number of nitrogens with zero attached hydrogens (tertiary/aromatic N) is 1. The van der Waals surface area contributed by atoms with E-state index >= 15 is 0 Å². The van der Waals surface area contributed by atoms with Gasteiger partial charge in [-0.05, 0) is 57.9 Å². The van der Waals surface area contributed by atoms with E-state index in [9.17, 15) is 9.90 Å². The van der Waals surface area contributed by atoms with Crippen LogP contribution in [0.4, 0.5) is 5.69 Å². The van der Waals surface area contributed by atoms with Gasteiger partial charge >= 0.3 is 0 Å². The first-order valence-corrected chi connectivity index (χ1v) is 7.54. The van der Waals surface area contributed by atoms with Crippen molar-refractivity contribution >= 4 is 11.6 Å². The molecule has 1 fully saturated rings. The Morgan fingerprint density at radius 3 is 2.76 bits per heavy atom. The number of rotatable bonds is 3. The van der Waals surface area contributed by atoms with Crippen molar-refractivity contribution in [1.82, 2.24) is 10.2 Å². The first kappa shape index (κ1) is 15.6. The highest BCUT2D eigenvalue weighted by Crippen LogP contribution is 2.27. The molecule has 0 bridgehead atoms. The molecule has 116 valence electrons. The number of amides is 1. The number of nitrogens with two attached hydrogens (primary N) is 1. The maximum absolute atomic E-state index is 12.9. The lowest BCUT2D eigenvalue weighted by Crippen LogP contribution is -2.51. The van der Waals surface area contributed by atoms with Gasteiger partial charge in [-0.2, -0.15) is 0 Å². The van der Waals surface area contributed by atoms with Crippen LogP contribution in [0.1, 0.15) is 42.6 Å². The quantitative estimate of drug-likeness (QED) is 0.587. The Hall–Kier alpha value is -1.75. The summed E-state index contributed by atoms with van der Waals surface area (Å²) >= 11 is 0. The standard InChI is InChI=1S/C16H25N3O2/c1-10(2)19(12-5-4-6-18-9-12)16(21)13-8-14(17)15(20)7-11(13)3/h7-8,10,12,18,20H,4-6,9,17H2,1-3H3/t12-/m1/s1. The van der Waals surface area contributed by atoms with Crippen LogP contribution in [0.2, 0.25) is 0 Å². The summed E-state index contributed by atoms with van der Waals surface area (Å²) in [4.78, 5) is 14.9. The summed E-state index contributed by atoms with van der Waals surface area (Å²) in [5.41, 5.74) is 7.32. The lowest BCUT2D eigenvalue weighted by atomic mass is 10.00. The van der Waals surface area contributed by atoms with Crippen LogP contribution in [0.25, 0.3) is 0 Å². The van der Waals surface area contributed by atoms with Gasteiger partial charge in [-0.15, -0.1) is 0 Å². The van der Waals surface area contributed by atoms with E-state index in [1.54, 1.807) is 12.1 Å². The Kier molecular flexibility index (Phi) is 4.73. The Morgan fingerprint density at radius 2 is 2.19 bits per heavy atom. The number of nitrogens with one attached hydrogen (secondary N) is 1. The smallest absolute Gasteiger partial charge is 0.254 e. The molecule has 2 rings (SSSR count). The molecule has 1 saturated heterocycles. The molecule has 0 aromatic heterocycles. The van der Waals surface area contributed by atoms with E-state index in [0.29, 0.717) is 5.56 Å². The lowest BCUT2D eigenvalue weighted by Gasteiger charge is -2.38. The number of aromatic hydroxyl groups is 1. The summed E-state index contributed by atoms with van der Waals surface area (Å²) in [5, 5.41) is 13.0. The number of carbonyl (C=O) groups excluding carboxylic acids is 1. The average molecular weight is 291 g/mol. The molecule has 1 amide bonds. The zero-order valence-corrected chi connectivity index (χ0v) is 13.0. The predicted molar refractivity (Wildman–Crippen MR) is 84.5 cm³/mol. The van der Waals surface area contributed by atoms with Gasteiger partial charge in [0.2, 0.25) is 0 Å². The van der Waals surface area contributed by atoms with Crippen LogP contribution >= 0.6 is 0 Å². The second-order valence-corrected chi connectivity index (χ2v) is 6.03. The molecule has 1 aliphatic rings. The van der Waals surface area contributed by atoms with Crippen LogP contribution in [0.5, 0.6) is 5.75 Å². The first-order chi connectivity index (χ1) is 9.91. The summed E-state index contributed by atoms with van der Waals surface area (Å²) < 4.78 is 0. The number of carbonyl (C=O) groups is 1. The van der Waals surface area contributed by atoms with Crippen LogP contribution in [-0.2, 0) is 0 Å². The number of piperidine rings is 1. The number of phenols is 1. The van der Waals surface area contributed by atoms with E-state index in [1.807, 2.05) is 25.7 Å². The molecule has 5 nitrogen and oxygen atoms in total. The number of phenolic OH excluding ortho intramolecular Hbond substituents is 1. The molecule has 0 saturated carbocycles. The van der Waals surface area contributed by atoms with E-state index in [4.69, 9.17) is 5.73 Å². The number of anilines is 1. The van der Waals surface area contributed by atoms with Gasteiger partial charge in [0.15, 0.2) is 0 Å². The molecule has 5 heteroatoms. The highest BCUT2D eigenvalue weighted by Gasteiger charge is 2.29. The van der Waals surface area contributed by atoms with Gasteiger partial charge in [-0.25, -0.2) is 0 Å². The van der Waals surface area contributed by atoms with Gasteiger partial charge in [0.05, 0.1) is 5.69 Å². The largest absolute Gasteiger partial charge is 0.506 e. The Labute approximate surface area is 126 Å². The Bertz CT molecular complexity index is 522. The molecule has 21 heavy (non-hydrogen) atoms. The third-order valence-corrected chi connectivity index (χ3v) is 4.06. The second kappa shape index (κ2) is 6.35. The van der Waals surface area contributed by atoms with Crippen molar-refractivity contribution in [3.05, 3.63) is 23.3 Å². The van der Waals surface area contributed by atoms with Crippen molar-refractivity contribution in [1.29, 1.82) is 0 Å². The van der Waals surface area contributed by atoms with Crippen LogP contribution in [-0.4, -0.2) is 41.1 Å². The van der Waals surface area contributed by atoms with Gasteiger partial charge in [0.25, 0.3) is 5.91 Å². The van der Waals surface area contributed by atoms with Crippen molar-refractivity contribution in [2.75, 3.05) is 18.8 Å². The van der Waals surface area contributed by atoms with Crippen molar-refractivity contribution in [3.8, 4) is 5.75 Å². The molecule has 0 aliphatic carbocycles. The minimum Gasteiger partial charge on any atom is -0.506 e. The third-order valence-electron chi connectivity index (χ3n) is 4.06. The summed E-state index contributed by atoms with van der Waals surface area (Å²) in [5.74, 6) is 0.0161. The van der Waals surface area contributed by atoms with Gasteiger partial charge in [-0.1, -0.05) is 0 Å². The fraction of sp³-hybridized carbons (Fsp3) is 0.562. The molecular formula is C16H25N3O2. The normalized spacial score (nSPS) is 18.8. The van der Waals surface area contributed by atoms with Crippen LogP contribution < -0.4 is 11.1 Å². The van der Waals surface area contributed by atoms with E-state index in [1.165, 1.54) is 0 Å². The van der Waals surface area contributed by atoms with Crippen molar-refractivity contribution in [2.24, 2.45) is 0 Å². The monoisotopic (exact) mass is 291 g/mol. The Morgan fingerprint density at radius 1 is 1.48 bits per heavy atom. The van der Waals surface area contributed by atoms with Crippen molar-refractivity contribution in [3.63, 3.8) is 0 Å². The molecule has 1 atom stereocenters. The SMILES string of the molecule is Cc1cc(O)c(N)cc1C(=O)N(C(C)C)[C@@H]1CCCNC1. The van der Waals surface area contributed by atoms with Crippen LogP contribution in [0.3, 0.4) is 0 Å². The summed E-state index contributed by atoms with van der Waals surface area (Å²) in [6, 6.07) is 3.47. The zero-order chi connectivity index (χ0) is 15.6. The van der Waals surface area contributed by atoms with E-state index in [-0.39, 0.29) is 29.4 Å².